The monoisotopic (exact) mass is 505 g/mol. The predicted molar refractivity (Wildman–Crippen MR) is 141 cm³/mol. The number of nitrogens with one attached hydrogen (secondary N) is 2. The van der Waals surface area contributed by atoms with Crippen LogP contribution in [-0.2, 0) is 28.4 Å². The fraction of sp³-hybridized carbons (Fsp3) is 0.483. The number of amides is 3. The van der Waals surface area contributed by atoms with Gasteiger partial charge in [-0.05, 0) is 66.3 Å². The summed E-state index contributed by atoms with van der Waals surface area (Å²) in [5, 5.41) is 6.13. The topological polar surface area (TPSA) is 78.5 Å². The Morgan fingerprint density at radius 2 is 1.78 bits per heavy atom. The van der Waals surface area contributed by atoms with Gasteiger partial charge in [-0.1, -0.05) is 44.2 Å². The van der Waals surface area contributed by atoms with Crippen LogP contribution >= 0.6 is 11.8 Å². The van der Waals surface area contributed by atoms with Gasteiger partial charge in [-0.2, -0.15) is 0 Å². The third-order valence-electron chi connectivity index (χ3n) is 7.86. The van der Waals surface area contributed by atoms with Crippen LogP contribution in [0.15, 0.2) is 47.4 Å². The molecule has 2 aromatic rings. The molecule has 2 N–H and O–H groups in total. The minimum absolute atomic E-state index is 0.124. The lowest BCUT2D eigenvalue weighted by Crippen LogP contribution is -2.52. The number of nitrogens with zero attached hydrogens (tertiary/aromatic N) is 1. The summed E-state index contributed by atoms with van der Waals surface area (Å²) in [6.07, 6.45) is 5.71. The van der Waals surface area contributed by atoms with Gasteiger partial charge < -0.3 is 10.2 Å². The molecule has 36 heavy (non-hydrogen) atoms. The number of benzene rings is 2. The van der Waals surface area contributed by atoms with Gasteiger partial charge in [-0.15, -0.1) is 11.8 Å². The van der Waals surface area contributed by atoms with Crippen molar-refractivity contribution in [1.29, 1.82) is 0 Å². The van der Waals surface area contributed by atoms with Crippen molar-refractivity contribution in [3.05, 3.63) is 64.7 Å². The average molecular weight is 506 g/mol. The van der Waals surface area contributed by atoms with Gasteiger partial charge in [-0.25, -0.2) is 0 Å². The molecule has 1 saturated carbocycles. The van der Waals surface area contributed by atoms with Crippen LogP contribution in [0.5, 0.6) is 0 Å². The summed E-state index contributed by atoms with van der Waals surface area (Å²) < 4.78 is 0. The van der Waals surface area contributed by atoms with Crippen LogP contribution in [0.2, 0.25) is 0 Å². The third kappa shape index (κ3) is 5.52. The van der Waals surface area contributed by atoms with Crippen molar-refractivity contribution in [2.45, 2.75) is 88.2 Å². The highest BCUT2D eigenvalue weighted by Gasteiger charge is 2.39. The van der Waals surface area contributed by atoms with Crippen molar-refractivity contribution in [2.75, 3.05) is 0 Å². The molecule has 0 spiro atoms. The number of carbonyl (C=O) groups is 3. The second-order valence-corrected chi connectivity index (χ2v) is 12.1. The summed E-state index contributed by atoms with van der Waals surface area (Å²) in [6, 6.07) is 14.6. The lowest BCUT2D eigenvalue weighted by Gasteiger charge is -2.34. The van der Waals surface area contributed by atoms with E-state index in [4.69, 9.17) is 0 Å². The third-order valence-corrected chi connectivity index (χ3v) is 9.03. The summed E-state index contributed by atoms with van der Waals surface area (Å²) in [5.41, 5.74) is 4.69. The molecule has 1 unspecified atom stereocenters. The zero-order chi connectivity index (χ0) is 25.3. The van der Waals surface area contributed by atoms with E-state index >= 15 is 0 Å². The largest absolute Gasteiger partial charge is 0.322 e. The van der Waals surface area contributed by atoms with Crippen LogP contribution in [0.4, 0.5) is 0 Å². The van der Waals surface area contributed by atoms with E-state index in [0.717, 1.165) is 22.8 Å². The molecular formula is C29H35N3O3S. The van der Waals surface area contributed by atoms with Crippen LogP contribution in [0.1, 0.15) is 79.4 Å². The second-order valence-electron chi connectivity index (χ2n) is 11.1. The maximum atomic E-state index is 13.1. The molecule has 2 aliphatic heterocycles. The van der Waals surface area contributed by atoms with Crippen LogP contribution in [-0.4, -0.2) is 34.7 Å². The Hall–Kier alpha value is -2.64. The minimum atomic E-state index is -0.583. The normalized spacial score (nSPS) is 22.0. The van der Waals surface area contributed by atoms with Crippen LogP contribution < -0.4 is 10.6 Å². The molecule has 2 fully saturated rings. The molecular weight excluding hydrogens is 470 g/mol. The van der Waals surface area contributed by atoms with Gasteiger partial charge in [0.25, 0.3) is 5.91 Å². The van der Waals surface area contributed by atoms with Gasteiger partial charge >= 0.3 is 0 Å². The zero-order valence-corrected chi connectivity index (χ0v) is 22.0. The zero-order valence-electron chi connectivity index (χ0n) is 21.1. The Morgan fingerprint density at radius 3 is 2.56 bits per heavy atom. The summed E-state index contributed by atoms with van der Waals surface area (Å²) in [6.45, 7) is 6.04. The molecule has 1 aliphatic carbocycles. The molecule has 3 aliphatic rings. The molecule has 0 aromatic heterocycles. The van der Waals surface area contributed by atoms with E-state index in [1.165, 1.54) is 36.8 Å². The van der Waals surface area contributed by atoms with Crippen LogP contribution in [0.3, 0.4) is 0 Å². The molecule has 2 aromatic carbocycles. The number of rotatable bonds is 7. The number of fused-ring (bicyclic) bond motifs is 1. The molecule has 6 nitrogen and oxygen atoms in total. The smallest absolute Gasteiger partial charge is 0.255 e. The maximum Gasteiger partial charge on any atom is 0.255 e. The van der Waals surface area contributed by atoms with Gasteiger partial charge in [-0.3, -0.25) is 19.7 Å². The van der Waals surface area contributed by atoms with E-state index in [1.807, 2.05) is 12.1 Å². The molecule has 0 bridgehead atoms. The standard InChI is InChI=1S/C29H35N3O3S/c1-29(2)13-11-21(12-14-29)30-16-19-5-3-6-20(15-19)18-36-25-8-4-7-22-23(25)17-32(28(22)35)24-9-10-26(33)31-27(24)34/h3-8,15,21,24,30H,9-14,16-18H2,1-2H3,(H,31,33,34). The molecule has 5 rings (SSSR count). The van der Waals surface area contributed by atoms with Crippen molar-refractivity contribution >= 4 is 29.5 Å². The summed E-state index contributed by atoms with van der Waals surface area (Å²) in [7, 11) is 0. The first-order valence-electron chi connectivity index (χ1n) is 13.0. The second kappa shape index (κ2) is 10.4. The van der Waals surface area contributed by atoms with E-state index in [-0.39, 0.29) is 24.1 Å². The molecule has 1 saturated heterocycles. The highest BCUT2D eigenvalue weighted by molar-refractivity contribution is 7.98. The fourth-order valence-corrected chi connectivity index (χ4v) is 6.57. The minimum Gasteiger partial charge on any atom is -0.322 e. The number of carbonyl (C=O) groups excluding carboxylic acids is 3. The van der Waals surface area contributed by atoms with Gasteiger partial charge in [0.1, 0.15) is 6.04 Å². The van der Waals surface area contributed by atoms with E-state index in [0.29, 0.717) is 30.0 Å². The van der Waals surface area contributed by atoms with E-state index < -0.39 is 6.04 Å². The number of imide groups is 1. The van der Waals surface area contributed by atoms with Crippen molar-refractivity contribution in [2.24, 2.45) is 5.41 Å². The Bertz CT molecular complexity index is 1170. The van der Waals surface area contributed by atoms with Crippen molar-refractivity contribution in [3.8, 4) is 0 Å². The highest BCUT2D eigenvalue weighted by atomic mass is 32.2. The van der Waals surface area contributed by atoms with Crippen molar-refractivity contribution in [1.82, 2.24) is 15.5 Å². The van der Waals surface area contributed by atoms with Gasteiger partial charge in [0.05, 0.1) is 0 Å². The van der Waals surface area contributed by atoms with Gasteiger partial charge in [0, 0.05) is 41.8 Å². The fourth-order valence-electron chi connectivity index (χ4n) is 5.55. The average Bonchev–Trinajstić information content (AvgIpc) is 3.19. The van der Waals surface area contributed by atoms with Crippen LogP contribution in [0.25, 0.3) is 0 Å². The molecule has 7 heteroatoms. The molecule has 190 valence electrons. The number of hydrogen-bond acceptors (Lipinski definition) is 5. The number of hydrogen-bond donors (Lipinski definition) is 2. The Kier molecular flexibility index (Phi) is 7.22. The molecule has 0 radical (unpaired) electrons. The Balaban J connectivity index is 1.20. The van der Waals surface area contributed by atoms with Crippen molar-refractivity contribution in [3.63, 3.8) is 0 Å². The first kappa shape index (κ1) is 25.0. The Labute approximate surface area is 217 Å². The highest BCUT2D eigenvalue weighted by Crippen LogP contribution is 2.36. The SMILES string of the molecule is CC1(C)CCC(NCc2cccc(CSc3cccc4c3CN(C3CCC(=O)NC3=O)C4=O)c2)CC1. The quantitative estimate of drug-likeness (QED) is 0.418. The van der Waals surface area contributed by atoms with E-state index in [9.17, 15) is 14.4 Å². The number of piperidine rings is 1. The lowest BCUT2D eigenvalue weighted by molar-refractivity contribution is -0.136. The first-order valence-corrected chi connectivity index (χ1v) is 14.0. The van der Waals surface area contributed by atoms with E-state index in [2.05, 4.69) is 54.8 Å². The Morgan fingerprint density at radius 1 is 1.03 bits per heavy atom. The molecule has 3 amide bonds. The predicted octanol–water partition coefficient (Wildman–Crippen LogP) is 4.80. The summed E-state index contributed by atoms with van der Waals surface area (Å²) in [4.78, 5) is 39.7. The molecule has 1 atom stereocenters. The maximum absolute atomic E-state index is 13.1. The molecule has 2 heterocycles. The van der Waals surface area contributed by atoms with E-state index in [1.54, 1.807) is 16.7 Å². The van der Waals surface area contributed by atoms with Gasteiger partial charge in [0.15, 0.2) is 0 Å². The van der Waals surface area contributed by atoms with Crippen LogP contribution in [0, 0.1) is 5.41 Å². The lowest BCUT2D eigenvalue weighted by atomic mass is 9.75. The summed E-state index contributed by atoms with van der Waals surface area (Å²) in [5.74, 6) is 0.0518. The van der Waals surface area contributed by atoms with Gasteiger partial charge in [0.2, 0.25) is 11.8 Å². The van der Waals surface area contributed by atoms with Crippen molar-refractivity contribution < 1.29 is 14.4 Å². The first-order chi connectivity index (χ1) is 17.3. The number of thioether (sulfide) groups is 1. The summed E-state index contributed by atoms with van der Waals surface area (Å²) >= 11 is 1.73.